The van der Waals surface area contributed by atoms with Crippen LogP contribution in [0.1, 0.15) is 5.76 Å². The Morgan fingerprint density at radius 3 is 3.20 bits per heavy atom. The molecule has 50 valence electrons. The third kappa shape index (κ3) is 0.655. The maximum atomic E-state index is 5.17. The minimum atomic E-state index is 0.500. The van der Waals surface area contributed by atoms with Gasteiger partial charge in [0.05, 0.1) is 12.4 Å². The summed E-state index contributed by atoms with van der Waals surface area (Å²) in [7, 11) is 0. The van der Waals surface area contributed by atoms with Crippen LogP contribution in [0.3, 0.4) is 0 Å². The van der Waals surface area contributed by atoms with Crippen LogP contribution in [0, 0.1) is 6.92 Å². The van der Waals surface area contributed by atoms with Crippen LogP contribution in [0.2, 0.25) is 0 Å². The molecular weight excluding hydrogens is 130 g/mol. The number of nitrogens with zero attached hydrogens (tertiary/aromatic N) is 3. The van der Waals surface area contributed by atoms with E-state index in [2.05, 4.69) is 15.2 Å². The standard InChI is InChI=1S/C6H5N3O/c1-4-2-7-5-3-8-9-6(5)10-4/h2-3H,1H3. The van der Waals surface area contributed by atoms with Crippen molar-refractivity contribution in [3.63, 3.8) is 0 Å². The Labute approximate surface area is 57.3 Å². The second-order valence-corrected chi connectivity index (χ2v) is 2.01. The highest BCUT2D eigenvalue weighted by molar-refractivity contribution is 5.44. The Morgan fingerprint density at radius 2 is 2.30 bits per heavy atom. The van der Waals surface area contributed by atoms with Crippen LogP contribution in [0.4, 0.5) is 0 Å². The van der Waals surface area contributed by atoms with Crippen molar-refractivity contribution in [2.24, 2.45) is 0 Å². The van der Waals surface area contributed by atoms with Gasteiger partial charge >= 0.3 is 0 Å². The van der Waals surface area contributed by atoms with Gasteiger partial charge in [-0.3, -0.25) is 0 Å². The molecule has 2 aliphatic heterocycles. The van der Waals surface area contributed by atoms with Crippen LogP contribution in [-0.4, -0.2) is 15.2 Å². The van der Waals surface area contributed by atoms with Crippen LogP contribution in [0.15, 0.2) is 16.8 Å². The van der Waals surface area contributed by atoms with Crippen molar-refractivity contribution in [2.45, 2.75) is 6.92 Å². The molecule has 4 nitrogen and oxygen atoms in total. The minimum absolute atomic E-state index is 0.500. The number of rotatable bonds is 0. The highest BCUT2D eigenvalue weighted by atomic mass is 16.3. The van der Waals surface area contributed by atoms with Crippen molar-refractivity contribution in [3.8, 4) is 11.6 Å². The fourth-order valence-electron chi connectivity index (χ4n) is 0.743. The molecule has 0 bridgehead atoms. The summed E-state index contributed by atoms with van der Waals surface area (Å²) in [6.45, 7) is 1.82. The first-order chi connectivity index (χ1) is 4.86. The molecule has 0 aromatic rings. The molecule has 0 spiro atoms. The van der Waals surface area contributed by atoms with Crippen LogP contribution in [0.5, 0.6) is 0 Å². The summed E-state index contributed by atoms with van der Waals surface area (Å²) in [6.07, 6.45) is 3.21. The molecule has 2 heterocycles. The second kappa shape index (κ2) is 1.76. The van der Waals surface area contributed by atoms with Gasteiger partial charge in [-0.05, 0) is 6.92 Å². The van der Waals surface area contributed by atoms with Gasteiger partial charge in [-0.15, -0.1) is 5.10 Å². The monoisotopic (exact) mass is 135 g/mol. The average Bonchev–Trinajstić information content (AvgIpc) is 2.33. The van der Waals surface area contributed by atoms with E-state index in [-0.39, 0.29) is 0 Å². The fourth-order valence-corrected chi connectivity index (χ4v) is 0.743. The van der Waals surface area contributed by atoms with E-state index < -0.39 is 0 Å². The third-order valence-corrected chi connectivity index (χ3v) is 1.19. The first-order valence-corrected chi connectivity index (χ1v) is 2.90. The van der Waals surface area contributed by atoms with Crippen LogP contribution in [0.25, 0.3) is 11.6 Å². The lowest BCUT2D eigenvalue weighted by Gasteiger charge is -1.93. The van der Waals surface area contributed by atoms with Gasteiger partial charge in [0.1, 0.15) is 11.5 Å². The Kier molecular flexibility index (Phi) is 0.943. The molecule has 0 aromatic heterocycles. The van der Waals surface area contributed by atoms with Gasteiger partial charge in [-0.25, -0.2) is 4.98 Å². The van der Waals surface area contributed by atoms with Gasteiger partial charge < -0.3 is 4.42 Å². The Morgan fingerprint density at radius 1 is 1.40 bits per heavy atom. The maximum Gasteiger partial charge on any atom is 0.266 e. The Balaban J connectivity index is 2.75. The molecule has 10 heavy (non-hydrogen) atoms. The summed E-state index contributed by atoms with van der Waals surface area (Å²) in [5.74, 6) is 1.24. The lowest BCUT2D eigenvalue weighted by Crippen LogP contribution is -1.82. The molecule has 0 saturated heterocycles. The molecular formula is C6H5N3O. The number of hydrogen-bond acceptors (Lipinski definition) is 4. The van der Waals surface area contributed by atoms with Gasteiger partial charge in [0.2, 0.25) is 0 Å². The van der Waals surface area contributed by atoms with E-state index in [4.69, 9.17) is 4.42 Å². The second-order valence-electron chi connectivity index (χ2n) is 2.01. The topological polar surface area (TPSA) is 51.8 Å². The van der Waals surface area contributed by atoms with Crippen LogP contribution < -0.4 is 0 Å². The van der Waals surface area contributed by atoms with Crippen molar-refractivity contribution in [3.05, 3.63) is 18.2 Å². The Hall–Kier alpha value is -1.45. The molecule has 0 atom stereocenters. The molecule has 4 heteroatoms. The van der Waals surface area contributed by atoms with Crippen LogP contribution >= 0.6 is 0 Å². The smallest absolute Gasteiger partial charge is 0.266 e. The first kappa shape index (κ1) is 5.34. The fraction of sp³-hybridized carbons (Fsp3) is 0.167. The molecule has 0 fully saturated rings. The highest BCUT2D eigenvalue weighted by Gasteiger charge is 2.07. The van der Waals surface area contributed by atoms with Crippen molar-refractivity contribution in [2.75, 3.05) is 0 Å². The molecule has 0 amide bonds. The normalized spacial score (nSPS) is 10.5. The first-order valence-electron chi connectivity index (χ1n) is 2.90. The largest absolute Gasteiger partial charge is 0.439 e. The molecule has 0 unspecified atom stereocenters. The SMILES string of the molecule is Cc1cnc2cnnc-2o1. The zero-order valence-electron chi connectivity index (χ0n) is 5.40. The summed E-state index contributed by atoms with van der Waals surface area (Å²) in [5.41, 5.74) is 0.700. The van der Waals surface area contributed by atoms with Gasteiger partial charge in [-0.1, -0.05) is 0 Å². The van der Waals surface area contributed by atoms with Crippen molar-refractivity contribution >= 4 is 0 Å². The summed E-state index contributed by atoms with van der Waals surface area (Å²) < 4.78 is 5.17. The van der Waals surface area contributed by atoms with Crippen LogP contribution in [-0.2, 0) is 0 Å². The number of aryl methyl sites for hydroxylation is 1. The Bertz CT molecular complexity index is 317. The summed E-state index contributed by atoms with van der Waals surface area (Å²) >= 11 is 0. The number of aromatic nitrogens is 3. The van der Waals surface area contributed by atoms with E-state index in [1.54, 1.807) is 12.4 Å². The van der Waals surface area contributed by atoms with Gasteiger partial charge in [0, 0.05) is 0 Å². The zero-order valence-corrected chi connectivity index (χ0v) is 5.40. The highest BCUT2D eigenvalue weighted by Crippen LogP contribution is 2.14. The number of fused-ring (bicyclic) bond motifs is 1. The van der Waals surface area contributed by atoms with E-state index >= 15 is 0 Å². The maximum absolute atomic E-state index is 5.17. The quantitative estimate of drug-likeness (QED) is 0.538. The molecule has 0 saturated carbocycles. The van der Waals surface area contributed by atoms with Gasteiger partial charge in [0.15, 0.2) is 0 Å². The van der Waals surface area contributed by atoms with Gasteiger partial charge in [-0.2, -0.15) is 5.10 Å². The van der Waals surface area contributed by atoms with Gasteiger partial charge in [0.25, 0.3) is 5.89 Å². The van der Waals surface area contributed by atoms with Crippen molar-refractivity contribution in [1.82, 2.24) is 15.2 Å². The summed E-state index contributed by atoms with van der Waals surface area (Å²) in [6, 6.07) is 0. The van der Waals surface area contributed by atoms with E-state index in [9.17, 15) is 0 Å². The molecule has 0 aromatic carbocycles. The zero-order chi connectivity index (χ0) is 6.97. The predicted molar refractivity (Wildman–Crippen MR) is 33.5 cm³/mol. The number of hydrogen-bond donors (Lipinski definition) is 0. The van der Waals surface area contributed by atoms with E-state index in [0.29, 0.717) is 11.6 Å². The minimum Gasteiger partial charge on any atom is -0.439 e. The van der Waals surface area contributed by atoms with E-state index in [0.717, 1.165) is 5.76 Å². The third-order valence-electron chi connectivity index (χ3n) is 1.19. The molecule has 0 aliphatic carbocycles. The lowest BCUT2D eigenvalue weighted by molar-refractivity contribution is 0.507. The van der Waals surface area contributed by atoms with E-state index in [1.165, 1.54) is 0 Å². The van der Waals surface area contributed by atoms with E-state index in [1.807, 2.05) is 6.92 Å². The summed E-state index contributed by atoms with van der Waals surface area (Å²) in [4.78, 5) is 4.02. The lowest BCUT2D eigenvalue weighted by atomic mass is 10.4. The molecule has 0 N–H and O–H groups in total. The van der Waals surface area contributed by atoms with Crippen molar-refractivity contribution in [1.29, 1.82) is 0 Å². The molecule has 0 radical (unpaired) electrons. The average molecular weight is 135 g/mol. The van der Waals surface area contributed by atoms with Crippen molar-refractivity contribution < 1.29 is 4.42 Å². The predicted octanol–water partition coefficient (Wildman–Crippen LogP) is 0.878. The molecule has 2 rings (SSSR count). The molecule has 2 aliphatic rings. The summed E-state index contributed by atoms with van der Waals surface area (Å²) in [5, 5.41) is 7.34.